The Bertz CT molecular complexity index is 394. The standard InChI is InChI=1S/C12H17N3O/c16-8-10-4-2-6-15(10)12-7-9-3-1-5-11(9)13-14-12/h7,10,16H,1-6,8H2. The van der Waals surface area contributed by atoms with Crippen LogP contribution in [-0.2, 0) is 12.8 Å². The lowest BCUT2D eigenvalue weighted by Crippen LogP contribution is -2.33. The highest BCUT2D eigenvalue weighted by Crippen LogP contribution is 2.27. The smallest absolute Gasteiger partial charge is 0.151 e. The zero-order valence-corrected chi connectivity index (χ0v) is 9.39. The first-order chi connectivity index (χ1) is 7.88. The summed E-state index contributed by atoms with van der Waals surface area (Å²) in [7, 11) is 0. The van der Waals surface area contributed by atoms with Crippen LogP contribution in [0, 0.1) is 0 Å². The Hall–Kier alpha value is -1.16. The van der Waals surface area contributed by atoms with Gasteiger partial charge in [-0.05, 0) is 43.7 Å². The van der Waals surface area contributed by atoms with Crippen molar-refractivity contribution in [2.45, 2.75) is 38.1 Å². The molecule has 4 heteroatoms. The molecule has 1 aromatic rings. The van der Waals surface area contributed by atoms with E-state index in [4.69, 9.17) is 0 Å². The molecule has 0 amide bonds. The van der Waals surface area contributed by atoms with Gasteiger partial charge in [-0.1, -0.05) is 0 Å². The molecule has 1 N–H and O–H groups in total. The molecule has 86 valence electrons. The second kappa shape index (κ2) is 4.01. The van der Waals surface area contributed by atoms with Crippen LogP contribution in [0.3, 0.4) is 0 Å². The third kappa shape index (κ3) is 1.57. The Labute approximate surface area is 95.3 Å². The van der Waals surface area contributed by atoms with Gasteiger partial charge in [0.25, 0.3) is 0 Å². The van der Waals surface area contributed by atoms with Crippen molar-refractivity contribution in [2.75, 3.05) is 18.1 Å². The largest absolute Gasteiger partial charge is 0.394 e. The summed E-state index contributed by atoms with van der Waals surface area (Å²) in [5, 5.41) is 17.9. The SMILES string of the molecule is OCC1CCCN1c1cc2c(nn1)CCC2. The molecule has 1 unspecified atom stereocenters. The van der Waals surface area contributed by atoms with Gasteiger partial charge in [-0.25, -0.2) is 0 Å². The normalized spacial score (nSPS) is 23.8. The van der Waals surface area contributed by atoms with Crippen molar-refractivity contribution in [1.29, 1.82) is 0 Å². The van der Waals surface area contributed by atoms with Crippen LogP contribution in [0.1, 0.15) is 30.5 Å². The second-order valence-electron chi connectivity index (χ2n) is 4.70. The summed E-state index contributed by atoms with van der Waals surface area (Å²) < 4.78 is 0. The highest BCUT2D eigenvalue weighted by molar-refractivity contribution is 5.44. The Morgan fingerprint density at radius 2 is 2.25 bits per heavy atom. The molecule has 16 heavy (non-hydrogen) atoms. The predicted octanol–water partition coefficient (Wildman–Crippen LogP) is 0.926. The van der Waals surface area contributed by atoms with Crippen LogP contribution in [0.5, 0.6) is 0 Å². The van der Waals surface area contributed by atoms with Crippen LogP contribution in [0.15, 0.2) is 6.07 Å². The van der Waals surface area contributed by atoms with Gasteiger partial charge in [-0.2, -0.15) is 5.10 Å². The van der Waals surface area contributed by atoms with Crippen molar-refractivity contribution in [3.8, 4) is 0 Å². The highest BCUT2D eigenvalue weighted by Gasteiger charge is 2.26. The first kappa shape index (κ1) is 10.0. The number of hydrogen-bond donors (Lipinski definition) is 1. The van der Waals surface area contributed by atoms with Crippen molar-refractivity contribution in [3.05, 3.63) is 17.3 Å². The summed E-state index contributed by atoms with van der Waals surface area (Å²) in [6, 6.07) is 2.41. The molecular formula is C12H17N3O. The molecule has 1 saturated heterocycles. The highest BCUT2D eigenvalue weighted by atomic mass is 16.3. The molecule has 1 aliphatic heterocycles. The summed E-state index contributed by atoms with van der Waals surface area (Å²) in [4.78, 5) is 2.20. The maximum Gasteiger partial charge on any atom is 0.151 e. The molecule has 0 saturated carbocycles. The molecule has 1 fully saturated rings. The molecule has 0 aromatic carbocycles. The molecule has 4 nitrogen and oxygen atoms in total. The van der Waals surface area contributed by atoms with E-state index in [-0.39, 0.29) is 12.6 Å². The lowest BCUT2D eigenvalue weighted by Gasteiger charge is -2.23. The van der Waals surface area contributed by atoms with Gasteiger partial charge in [0.2, 0.25) is 0 Å². The first-order valence-electron chi connectivity index (χ1n) is 6.11. The minimum atomic E-state index is 0.221. The van der Waals surface area contributed by atoms with E-state index in [9.17, 15) is 5.11 Å². The molecule has 2 aliphatic rings. The third-order valence-electron chi connectivity index (χ3n) is 3.69. The van der Waals surface area contributed by atoms with E-state index in [0.717, 1.165) is 38.0 Å². The summed E-state index contributed by atoms with van der Waals surface area (Å²) in [5.41, 5.74) is 2.53. The van der Waals surface area contributed by atoms with Crippen molar-refractivity contribution >= 4 is 5.82 Å². The van der Waals surface area contributed by atoms with E-state index < -0.39 is 0 Å². The average Bonchev–Trinajstić information content (AvgIpc) is 2.96. The van der Waals surface area contributed by atoms with Crippen LogP contribution < -0.4 is 4.90 Å². The number of nitrogens with zero attached hydrogens (tertiary/aromatic N) is 3. The van der Waals surface area contributed by atoms with Crippen molar-refractivity contribution < 1.29 is 5.11 Å². The van der Waals surface area contributed by atoms with E-state index in [1.807, 2.05) is 0 Å². The summed E-state index contributed by atoms with van der Waals surface area (Å²) >= 11 is 0. The lowest BCUT2D eigenvalue weighted by molar-refractivity contribution is 0.266. The number of aliphatic hydroxyl groups is 1. The zero-order chi connectivity index (χ0) is 11.0. The van der Waals surface area contributed by atoms with Crippen molar-refractivity contribution in [1.82, 2.24) is 10.2 Å². The van der Waals surface area contributed by atoms with Gasteiger partial charge in [-0.3, -0.25) is 0 Å². The number of anilines is 1. The van der Waals surface area contributed by atoms with Gasteiger partial charge in [-0.15, -0.1) is 5.10 Å². The molecule has 0 bridgehead atoms. The fourth-order valence-electron chi connectivity index (χ4n) is 2.78. The van der Waals surface area contributed by atoms with Crippen LogP contribution in [0.2, 0.25) is 0 Å². The number of hydrogen-bond acceptors (Lipinski definition) is 4. The number of fused-ring (bicyclic) bond motifs is 1. The van der Waals surface area contributed by atoms with E-state index in [0.29, 0.717) is 0 Å². The molecular weight excluding hydrogens is 202 g/mol. The van der Waals surface area contributed by atoms with E-state index in [1.165, 1.54) is 17.7 Å². The Morgan fingerprint density at radius 1 is 1.31 bits per heavy atom. The van der Waals surface area contributed by atoms with Crippen LogP contribution >= 0.6 is 0 Å². The quantitative estimate of drug-likeness (QED) is 0.803. The fourth-order valence-corrected chi connectivity index (χ4v) is 2.78. The monoisotopic (exact) mass is 219 g/mol. The van der Waals surface area contributed by atoms with E-state index >= 15 is 0 Å². The van der Waals surface area contributed by atoms with Crippen molar-refractivity contribution in [2.24, 2.45) is 0 Å². The van der Waals surface area contributed by atoms with Crippen LogP contribution in [0.4, 0.5) is 5.82 Å². The maximum absolute atomic E-state index is 9.30. The molecule has 0 radical (unpaired) electrons. The Morgan fingerprint density at radius 3 is 3.12 bits per heavy atom. The molecule has 1 aromatic heterocycles. The first-order valence-corrected chi connectivity index (χ1v) is 6.11. The summed E-state index contributed by atoms with van der Waals surface area (Å²) in [5.74, 6) is 0.956. The van der Waals surface area contributed by atoms with E-state index in [1.54, 1.807) is 0 Å². The average molecular weight is 219 g/mol. The number of aryl methyl sites for hydroxylation is 2. The molecule has 1 atom stereocenters. The molecule has 1 aliphatic carbocycles. The van der Waals surface area contributed by atoms with Gasteiger partial charge >= 0.3 is 0 Å². The van der Waals surface area contributed by atoms with Gasteiger partial charge in [0.05, 0.1) is 18.3 Å². The molecule has 0 spiro atoms. The minimum Gasteiger partial charge on any atom is -0.394 e. The predicted molar refractivity (Wildman–Crippen MR) is 61.5 cm³/mol. The lowest BCUT2D eigenvalue weighted by atomic mass is 10.2. The summed E-state index contributed by atoms with van der Waals surface area (Å²) in [6.45, 7) is 1.22. The van der Waals surface area contributed by atoms with Gasteiger partial charge in [0.1, 0.15) is 0 Å². The summed E-state index contributed by atoms with van der Waals surface area (Å²) in [6.07, 6.45) is 5.62. The third-order valence-corrected chi connectivity index (χ3v) is 3.69. The van der Waals surface area contributed by atoms with Crippen molar-refractivity contribution in [3.63, 3.8) is 0 Å². The number of aromatic nitrogens is 2. The Kier molecular flexibility index (Phi) is 2.52. The molecule has 2 heterocycles. The number of rotatable bonds is 2. The molecule has 3 rings (SSSR count). The zero-order valence-electron chi connectivity index (χ0n) is 9.39. The van der Waals surface area contributed by atoms with Gasteiger partial charge < -0.3 is 10.0 Å². The number of aliphatic hydroxyl groups excluding tert-OH is 1. The Balaban J connectivity index is 1.89. The second-order valence-corrected chi connectivity index (χ2v) is 4.70. The van der Waals surface area contributed by atoms with Gasteiger partial charge in [0, 0.05) is 6.54 Å². The van der Waals surface area contributed by atoms with Crippen LogP contribution in [0.25, 0.3) is 0 Å². The minimum absolute atomic E-state index is 0.221. The fraction of sp³-hybridized carbons (Fsp3) is 0.667. The van der Waals surface area contributed by atoms with Gasteiger partial charge in [0.15, 0.2) is 5.82 Å². The van der Waals surface area contributed by atoms with Crippen LogP contribution in [-0.4, -0.2) is 34.5 Å². The topological polar surface area (TPSA) is 49.2 Å². The maximum atomic E-state index is 9.30. The van der Waals surface area contributed by atoms with E-state index in [2.05, 4.69) is 21.2 Å².